The molecule has 2 fully saturated rings. The van der Waals surface area contributed by atoms with E-state index in [1.807, 2.05) is 0 Å². The summed E-state index contributed by atoms with van der Waals surface area (Å²) in [4.78, 5) is 4.95. The quantitative estimate of drug-likeness (QED) is 0.719. The molecule has 3 nitrogen and oxygen atoms in total. The Bertz CT molecular complexity index is 262. The van der Waals surface area contributed by atoms with E-state index >= 15 is 0 Å². The summed E-state index contributed by atoms with van der Waals surface area (Å²) in [5.74, 6) is 0.861. The van der Waals surface area contributed by atoms with Crippen LogP contribution in [0.3, 0.4) is 0 Å². The van der Waals surface area contributed by atoms with Crippen LogP contribution >= 0.6 is 11.6 Å². The number of nitrogens with zero attached hydrogens (tertiary/aromatic N) is 3. The SMILES string of the molecule is N#CC(Cl)CN1CCC(CN2CCCC2)CC1. The maximum absolute atomic E-state index is 8.69. The Labute approximate surface area is 109 Å². The lowest BCUT2D eigenvalue weighted by molar-refractivity contribution is 0.157. The van der Waals surface area contributed by atoms with Crippen molar-refractivity contribution in [3.05, 3.63) is 0 Å². The molecular weight excluding hydrogens is 234 g/mol. The fourth-order valence-electron chi connectivity index (χ4n) is 2.95. The summed E-state index contributed by atoms with van der Waals surface area (Å²) in [5, 5.41) is 8.35. The third kappa shape index (κ3) is 4.13. The van der Waals surface area contributed by atoms with Crippen molar-refractivity contribution in [1.29, 1.82) is 5.26 Å². The van der Waals surface area contributed by atoms with E-state index in [4.69, 9.17) is 16.9 Å². The summed E-state index contributed by atoms with van der Waals surface area (Å²) in [6.07, 6.45) is 5.31. The van der Waals surface area contributed by atoms with E-state index in [1.165, 1.54) is 45.3 Å². The molecule has 0 radical (unpaired) electrons. The Morgan fingerprint density at radius 3 is 2.35 bits per heavy atom. The predicted octanol–water partition coefficient (Wildman–Crippen LogP) is 1.93. The van der Waals surface area contributed by atoms with E-state index in [0.29, 0.717) is 0 Å². The first-order valence-corrected chi connectivity index (χ1v) is 7.20. The van der Waals surface area contributed by atoms with Gasteiger partial charge in [-0.3, -0.25) is 0 Å². The smallest absolute Gasteiger partial charge is 0.133 e. The van der Waals surface area contributed by atoms with Crippen molar-refractivity contribution < 1.29 is 0 Å². The molecule has 2 aliphatic heterocycles. The molecule has 2 heterocycles. The third-order valence-corrected chi connectivity index (χ3v) is 4.22. The Morgan fingerprint density at radius 1 is 1.12 bits per heavy atom. The second-order valence-electron chi connectivity index (χ2n) is 5.35. The molecule has 0 spiro atoms. The normalized spacial score (nSPS) is 25.9. The third-order valence-electron chi connectivity index (χ3n) is 3.98. The van der Waals surface area contributed by atoms with Crippen LogP contribution < -0.4 is 0 Å². The van der Waals surface area contributed by atoms with Gasteiger partial charge < -0.3 is 9.80 Å². The number of halogens is 1. The second kappa shape index (κ2) is 6.58. The average molecular weight is 256 g/mol. The highest BCUT2D eigenvalue weighted by Crippen LogP contribution is 2.21. The molecule has 0 aromatic heterocycles. The van der Waals surface area contributed by atoms with Crippen LogP contribution in [0.1, 0.15) is 25.7 Å². The lowest BCUT2D eigenvalue weighted by Gasteiger charge is -2.33. The van der Waals surface area contributed by atoms with Crippen molar-refractivity contribution in [3.63, 3.8) is 0 Å². The molecule has 0 aromatic rings. The Morgan fingerprint density at radius 2 is 1.76 bits per heavy atom. The zero-order valence-electron chi connectivity index (χ0n) is 10.4. The van der Waals surface area contributed by atoms with E-state index in [2.05, 4.69) is 15.9 Å². The number of likely N-dealkylation sites (tertiary alicyclic amines) is 2. The first-order valence-electron chi connectivity index (χ1n) is 6.76. The highest BCUT2D eigenvalue weighted by atomic mass is 35.5. The van der Waals surface area contributed by atoms with Gasteiger partial charge in [0.1, 0.15) is 5.38 Å². The first kappa shape index (κ1) is 13.1. The summed E-state index contributed by atoms with van der Waals surface area (Å²) in [6.45, 7) is 6.86. The lowest BCUT2D eigenvalue weighted by Crippen LogP contribution is -2.40. The Balaban J connectivity index is 1.65. The molecule has 1 unspecified atom stereocenters. The maximum atomic E-state index is 8.69. The fourth-order valence-corrected chi connectivity index (χ4v) is 3.14. The van der Waals surface area contributed by atoms with Crippen LogP contribution in [0, 0.1) is 17.2 Å². The van der Waals surface area contributed by atoms with Crippen LogP contribution in [0.2, 0.25) is 0 Å². The average Bonchev–Trinajstić information content (AvgIpc) is 2.84. The minimum atomic E-state index is -0.342. The van der Waals surface area contributed by atoms with Crippen molar-refractivity contribution >= 4 is 11.6 Å². The topological polar surface area (TPSA) is 30.3 Å². The molecule has 2 rings (SSSR count). The van der Waals surface area contributed by atoms with Crippen LogP contribution in [-0.2, 0) is 0 Å². The fraction of sp³-hybridized carbons (Fsp3) is 0.923. The zero-order chi connectivity index (χ0) is 12.1. The van der Waals surface area contributed by atoms with Gasteiger partial charge in [-0.2, -0.15) is 5.26 Å². The van der Waals surface area contributed by atoms with Gasteiger partial charge in [-0.1, -0.05) is 0 Å². The van der Waals surface area contributed by atoms with Crippen molar-refractivity contribution in [2.75, 3.05) is 39.3 Å². The largest absolute Gasteiger partial charge is 0.303 e. The predicted molar refractivity (Wildman–Crippen MR) is 70.1 cm³/mol. The van der Waals surface area contributed by atoms with Gasteiger partial charge in [0, 0.05) is 13.1 Å². The lowest BCUT2D eigenvalue weighted by atomic mass is 9.96. The molecule has 0 bridgehead atoms. The van der Waals surface area contributed by atoms with Gasteiger partial charge in [-0.05, 0) is 57.8 Å². The highest BCUT2D eigenvalue weighted by Gasteiger charge is 2.23. The molecule has 1 atom stereocenters. The Kier molecular flexibility index (Phi) is 5.09. The molecule has 4 heteroatoms. The van der Waals surface area contributed by atoms with Gasteiger partial charge in [0.15, 0.2) is 0 Å². The molecule has 0 aliphatic carbocycles. The van der Waals surface area contributed by atoms with Gasteiger partial charge in [0.05, 0.1) is 6.07 Å². The standard InChI is InChI=1S/C13H22ClN3/c14-13(9-15)11-17-7-3-12(4-8-17)10-16-5-1-2-6-16/h12-13H,1-8,10-11H2. The molecule has 0 N–H and O–H groups in total. The van der Waals surface area contributed by atoms with Gasteiger partial charge in [0.25, 0.3) is 0 Å². The van der Waals surface area contributed by atoms with Gasteiger partial charge >= 0.3 is 0 Å². The first-order chi connectivity index (χ1) is 8.28. The molecule has 96 valence electrons. The number of alkyl halides is 1. The summed E-state index contributed by atoms with van der Waals surface area (Å²) in [6, 6.07) is 2.10. The summed E-state index contributed by atoms with van der Waals surface area (Å²) < 4.78 is 0. The second-order valence-corrected chi connectivity index (χ2v) is 5.88. The molecule has 0 saturated carbocycles. The highest BCUT2D eigenvalue weighted by molar-refractivity contribution is 6.22. The number of piperidine rings is 1. The minimum Gasteiger partial charge on any atom is -0.303 e. The molecule has 0 aromatic carbocycles. The molecule has 2 aliphatic rings. The minimum absolute atomic E-state index is 0.342. The van der Waals surface area contributed by atoms with Crippen molar-refractivity contribution in [2.24, 2.45) is 5.92 Å². The maximum Gasteiger partial charge on any atom is 0.133 e. The van der Waals surface area contributed by atoms with Crippen LogP contribution in [0.25, 0.3) is 0 Å². The summed E-state index contributed by atoms with van der Waals surface area (Å²) >= 11 is 5.86. The van der Waals surface area contributed by atoms with Gasteiger partial charge in [-0.25, -0.2) is 0 Å². The number of hydrogen-bond acceptors (Lipinski definition) is 3. The van der Waals surface area contributed by atoms with Crippen LogP contribution in [0.15, 0.2) is 0 Å². The van der Waals surface area contributed by atoms with E-state index in [1.54, 1.807) is 0 Å². The molecular formula is C13H22ClN3. The van der Waals surface area contributed by atoms with E-state index in [-0.39, 0.29) is 5.38 Å². The number of rotatable bonds is 4. The zero-order valence-corrected chi connectivity index (χ0v) is 11.2. The van der Waals surface area contributed by atoms with Gasteiger partial charge in [-0.15, -0.1) is 11.6 Å². The van der Waals surface area contributed by atoms with Crippen LogP contribution in [-0.4, -0.2) is 54.4 Å². The van der Waals surface area contributed by atoms with Crippen molar-refractivity contribution in [2.45, 2.75) is 31.1 Å². The molecule has 0 amide bonds. The van der Waals surface area contributed by atoms with Gasteiger partial charge in [0.2, 0.25) is 0 Å². The number of nitriles is 1. The van der Waals surface area contributed by atoms with E-state index in [9.17, 15) is 0 Å². The van der Waals surface area contributed by atoms with E-state index in [0.717, 1.165) is 25.6 Å². The van der Waals surface area contributed by atoms with Crippen molar-refractivity contribution in [3.8, 4) is 6.07 Å². The molecule has 17 heavy (non-hydrogen) atoms. The summed E-state index contributed by atoms with van der Waals surface area (Å²) in [5.41, 5.74) is 0. The summed E-state index contributed by atoms with van der Waals surface area (Å²) in [7, 11) is 0. The monoisotopic (exact) mass is 255 g/mol. The van der Waals surface area contributed by atoms with Crippen LogP contribution in [0.4, 0.5) is 0 Å². The van der Waals surface area contributed by atoms with Crippen molar-refractivity contribution in [1.82, 2.24) is 9.80 Å². The van der Waals surface area contributed by atoms with Crippen LogP contribution in [0.5, 0.6) is 0 Å². The number of hydrogen-bond donors (Lipinski definition) is 0. The molecule has 2 saturated heterocycles. The Hall–Kier alpha value is -0.300. The van der Waals surface area contributed by atoms with E-state index < -0.39 is 0 Å².